The van der Waals surface area contributed by atoms with Gasteiger partial charge in [0.15, 0.2) is 0 Å². The molecule has 2 unspecified atom stereocenters. The molecule has 4 nitrogen and oxygen atoms in total. The van der Waals surface area contributed by atoms with Crippen LogP contribution in [0.25, 0.3) is 0 Å². The van der Waals surface area contributed by atoms with Crippen molar-refractivity contribution >= 4 is 23.6 Å². The first-order chi connectivity index (χ1) is 9.52. The van der Waals surface area contributed by atoms with E-state index in [1.165, 1.54) is 6.42 Å². The fraction of sp³-hybridized carbons (Fsp3) is 0.867. The number of amides is 2. The molecular formula is C15H26N2O2S. The molecule has 2 fully saturated rings. The first-order valence-corrected chi connectivity index (χ1v) is 8.90. The van der Waals surface area contributed by atoms with E-state index in [9.17, 15) is 9.59 Å². The summed E-state index contributed by atoms with van der Waals surface area (Å²) in [4.78, 5) is 27.1. The van der Waals surface area contributed by atoms with Gasteiger partial charge in [0.1, 0.15) is 11.6 Å². The lowest BCUT2D eigenvalue weighted by Crippen LogP contribution is -2.71. The number of nitrogens with one attached hydrogen (secondary N) is 1. The van der Waals surface area contributed by atoms with Crippen molar-refractivity contribution in [3.05, 3.63) is 0 Å². The molecule has 2 aliphatic rings. The maximum Gasteiger partial charge on any atom is 0.249 e. The number of carbonyl (C=O) groups is 2. The molecule has 0 radical (unpaired) electrons. The minimum absolute atomic E-state index is 0.0137. The minimum atomic E-state index is -0.604. The van der Waals surface area contributed by atoms with Crippen LogP contribution in [0.1, 0.15) is 52.9 Å². The highest BCUT2D eigenvalue weighted by atomic mass is 32.2. The largest absolute Gasteiger partial charge is 0.340 e. The average molecular weight is 298 g/mol. The predicted molar refractivity (Wildman–Crippen MR) is 82.7 cm³/mol. The van der Waals surface area contributed by atoms with Crippen molar-refractivity contribution in [3.63, 3.8) is 0 Å². The summed E-state index contributed by atoms with van der Waals surface area (Å²) in [6.07, 6.45) is 4.84. The van der Waals surface area contributed by atoms with E-state index in [4.69, 9.17) is 0 Å². The van der Waals surface area contributed by atoms with Crippen molar-refractivity contribution in [3.8, 4) is 0 Å². The van der Waals surface area contributed by atoms with E-state index in [2.05, 4.69) is 19.2 Å². The number of piperazine rings is 1. The molecule has 1 saturated heterocycles. The predicted octanol–water partition coefficient (Wildman–Crippen LogP) is 2.18. The summed E-state index contributed by atoms with van der Waals surface area (Å²) >= 11 is 1.82. The van der Waals surface area contributed by atoms with Gasteiger partial charge in [-0.3, -0.25) is 9.59 Å². The summed E-state index contributed by atoms with van der Waals surface area (Å²) in [7, 11) is 0. The van der Waals surface area contributed by atoms with E-state index in [-0.39, 0.29) is 23.9 Å². The molecular weight excluding hydrogens is 272 g/mol. The van der Waals surface area contributed by atoms with Gasteiger partial charge >= 0.3 is 0 Å². The number of rotatable bonds is 4. The van der Waals surface area contributed by atoms with Gasteiger partial charge in [-0.05, 0) is 32.4 Å². The lowest BCUT2D eigenvalue weighted by molar-refractivity contribution is -0.158. The zero-order chi connectivity index (χ0) is 14.8. The Morgan fingerprint density at radius 1 is 1.35 bits per heavy atom. The fourth-order valence-electron chi connectivity index (χ4n) is 3.39. The van der Waals surface area contributed by atoms with Gasteiger partial charge in [0.05, 0.1) is 0 Å². The summed E-state index contributed by atoms with van der Waals surface area (Å²) in [5, 5.41) is 3.04. The molecule has 0 aromatic rings. The Morgan fingerprint density at radius 3 is 2.60 bits per heavy atom. The van der Waals surface area contributed by atoms with Gasteiger partial charge < -0.3 is 10.2 Å². The van der Waals surface area contributed by atoms with E-state index in [1.807, 2.05) is 23.6 Å². The number of hydrogen-bond donors (Lipinski definition) is 1. The highest BCUT2D eigenvalue weighted by Gasteiger charge is 2.50. The summed E-state index contributed by atoms with van der Waals surface area (Å²) in [5.74, 6) is 2.10. The zero-order valence-electron chi connectivity index (χ0n) is 12.8. The van der Waals surface area contributed by atoms with Gasteiger partial charge in [-0.15, -0.1) is 0 Å². The molecule has 1 aliphatic heterocycles. The molecule has 0 bridgehead atoms. The highest BCUT2D eigenvalue weighted by Crippen LogP contribution is 2.34. The van der Waals surface area contributed by atoms with Crippen molar-refractivity contribution in [1.82, 2.24) is 10.2 Å². The summed E-state index contributed by atoms with van der Waals surface area (Å²) in [5.41, 5.74) is -0.604. The summed E-state index contributed by atoms with van der Waals surface area (Å²) < 4.78 is 0. The van der Waals surface area contributed by atoms with Gasteiger partial charge in [0.2, 0.25) is 11.8 Å². The Kier molecular flexibility index (Phi) is 4.99. The number of nitrogens with zero attached hydrogens (tertiary/aromatic N) is 1. The second-order valence-electron chi connectivity index (χ2n) is 6.03. The third-order valence-corrected chi connectivity index (χ3v) is 5.67. The van der Waals surface area contributed by atoms with Crippen molar-refractivity contribution in [1.29, 1.82) is 0 Å². The molecule has 114 valence electrons. The third-order valence-electron chi connectivity index (χ3n) is 4.55. The standard InChI is InChI=1S/C15H26N2O2S/c1-4-20-10-11(2)17-12(3)13(18)16-15(14(17)19)8-6-5-7-9-15/h11-12H,4-10H2,1-3H3,(H,16,18). The van der Waals surface area contributed by atoms with Crippen LogP contribution in [0.2, 0.25) is 0 Å². The second kappa shape index (κ2) is 6.37. The molecule has 2 amide bonds. The van der Waals surface area contributed by atoms with Crippen molar-refractivity contribution < 1.29 is 9.59 Å². The maximum absolute atomic E-state index is 13.0. The molecule has 1 heterocycles. The SMILES string of the molecule is CCSCC(C)N1C(=O)C2(CCCCC2)NC(=O)C1C. The fourth-order valence-corrected chi connectivity index (χ4v) is 4.13. The van der Waals surface area contributed by atoms with Gasteiger partial charge in [-0.25, -0.2) is 0 Å². The molecule has 1 aliphatic carbocycles. The number of carbonyl (C=O) groups excluding carboxylic acids is 2. The van der Waals surface area contributed by atoms with Crippen LogP contribution in [0.5, 0.6) is 0 Å². The van der Waals surface area contributed by atoms with Gasteiger partial charge in [-0.2, -0.15) is 11.8 Å². The summed E-state index contributed by atoms with van der Waals surface area (Å²) in [6.45, 7) is 6.02. The lowest BCUT2D eigenvalue weighted by Gasteiger charge is -2.48. The minimum Gasteiger partial charge on any atom is -0.340 e. The van der Waals surface area contributed by atoms with E-state index >= 15 is 0 Å². The Labute approximate surface area is 126 Å². The monoisotopic (exact) mass is 298 g/mol. The van der Waals surface area contributed by atoms with Crippen LogP contribution in [0.4, 0.5) is 0 Å². The molecule has 0 aromatic carbocycles. The molecule has 1 spiro atoms. The van der Waals surface area contributed by atoms with Crippen molar-refractivity contribution in [2.24, 2.45) is 0 Å². The average Bonchev–Trinajstić information content (AvgIpc) is 2.44. The van der Waals surface area contributed by atoms with Crippen LogP contribution in [0, 0.1) is 0 Å². The second-order valence-corrected chi connectivity index (χ2v) is 7.35. The zero-order valence-corrected chi connectivity index (χ0v) is 13.6. The van der Waals surface area contributed by atoms with E-state index in [0.29, 0.717) is 0 Å². The van der Waals surface area contributed by atoms with Gasteiger partial charge in [0, 0.05) is 11.8 Å². The molecule has 1 N–H and O–H groups in total. The van der Waals surface area contributed by atoms with Crippen LogP contribution in [-0.4, -0.2) is 45.8 Å². The van der Waals surface area contributed by atoms with Crippen molar-refractivity contribution in [2.75, 3.05) is 11.5 Å². The summed E-state index contributed by atoms with van der Waals surface area (Å²) in [6, 6.07) is -0.227. The van der Waals surface area contributed by atoms with Crippen LogP contribution in [0.3, 0.4) is 0 Å². The third kappa shape index (κ3) is 2.83. The smallest absolute Gasteiger partial charge is 0.249 e. The van der Waals surface area contributed by atoms with Crippen LogP contribution < -0.4 is 5.32 Å². The first-order valence-electron chi connectivity index (χ1n) is 7.74. The molecule has 0 aromatic heterocycles. The number of hydrogen-bond acceptors (Lipinski definition) is 3. The first kappa shape index (κ1) is 15.7. The molecule has 1 saturated carbocycles. The Bertz CT molecular complexity index is 380. The maximum atomic E-state index is 13.0. The topological polar surface area (TPSA) is 49.4 Å². The quantitative estimate of drug-likeness (QED) is 0.865. The normalized spacial score (nSPS) is 27.6. The Morgan fingerprint density at radius 2 is 2.00 bits per heavy atom. The molecule has 2 rings (SSSR count). The van der Waals surface area contributed by atoms with Crippen LogP contribution in [0.15, 0.2) is 0 Å². The Hall–Kier alpha value is -0.710. The lowest BCUT2D eigenvalue weighted by atomic mass is 9.78. The number of thioether (sulfide) groups is 1. The molecule has 20 heavy (non-hydrogen) atoms. The van der Waals surface area contributed by atoms with Crippen molar-refractivity contribution in [2.45, 2.75) is 70.5 Å². The van der Waals surface area contributed by atoms with E-state index in [0.717, 1.165) is 37.2 Å². The van der Waals surface area contributed by atoms with Crippen LogP contribution >= 0.6 is 11.8 Å². The molecule has 2 atom stereocenters. The highest BCUT2D eigenvalue weighted by molar-refractivity contribution is 7.99. The van der Waals surface area contributed by atoms with Gasteiger partial charge in [-0.1, -0.05) is 26.2 Å². The van der Waals surface area contributed by atoms with E-state index < -0.39 is 5.54 Å². The van der Waals surface area contributed by atoms with Crippen LogP contribution in [-0.2, 0) is 9.59 Å². The van der Waals surface area contributed by atoms with Gasteiger partial charge in [0.25, 0.3) is 0 Å². The van der Waals surface area contributed by atoms with E-state index in [1.54, 1.807) is 0 Å². The molecule has 5 heteroatoms. The Balaban J connectivity index is 2.19.